The Morgan fingerprint density at radius 1 is 1.46 bits per heavy atom. The van der Waals surface area contributed by atoms with E-state index < -0.39 is 0 Å². The molecule has 0 atom stereocenters. The summed E-state index contributed by atoms with van der Waals surface area (Å²) in [6, 6.07) is 5.25. The third kappa shape index (κ3) is 3.13. The number of halogens is 1. The molecule has 0 unspecified atom stereocenters. The molecule has 1 aromatic carbocycles. The third-order valence-electron chi connectivity index (χ3n) is 1.68. The first-order valence-corrected chi connectivity index (χ1v) is 3.84. The molecule has 0 saturated carbocycles. The van der Waals surface area contributed by atoms with Crippen molar-refractivity contribution in [3.63, 3.8) is 0 Å². The van der Waals surface area contributed by atoms with Crippen molar-refractivity contribution in [3.8, 4) is 11.5 Å². The largest absolute Gasteiger partial charge is 1.00 e. The average Bonchev–Trinajstić information content (AvgIpc) is 2.09. The van der Waals surface area contributed by atoms with Crippen molar-refractivity contribution in [2.75, 3.05) is 13.7 Å². The van der Waals surface area contributed by atoms with Crippen LogP contribution in [0.4, 0.5) is 0 Å². The zero-order chi connectivity index (χ0) is 8.97. The molecule has 74 valence electrons. The topological polar surface area (TPSA) is 55.5 Å². The minimum absolute atomic E-state index is 0. The van der Waals surface area contributed by atoms with Gasteiger partial charge in [-0.2, -0.15) is 0 Å². The van der Waals surface area contributed by atoms with Crippen molar-refractivity contribution >= 4 is 0 Å². The van der Waals surface area contributed by atoms with Crippen LogP contribution < -0.4 is 22.9 Å². The zero-order valence-electron chi connectivity index (χ0n) is 7.46. The lowest BCUT2D eigenvalue weighted by Gasteiger charge is -2.05. The fourth-order valence-electron chi connectivity index (χ4n) is 1.04. The second-order valence-corrected chi connectivity index (χ2v) is 2.54. The average molecular weight is 203 g/mol. The lowest BCUT2D eigenvalue weighted by Crippen LogP contribution is -3.00. The second-order valence-electron chi connectivity index (χ2n) is 2.54. The van der Waals surface area contributed by atoms with E-state index in [4.69, 9.17) is 10.5 Å². The SMILES string of the molecule is COc1cc(CCN)ccc1O.[Cl-]. The summed E-state index contributed by atoms with van der Waals surface area (Å²) in [6.07, 6.45) is 0.802. The zero-order valence-corrected chi connectivity index (χ0v) is 8.21. The molecule has 0 saturated heterocycles. The van der Waals surface area contributed by atoms with Gasteiger partial charge in [0.05, 0.1) is 7.11 Å². The van der Waals surface area contributed by atoms with E-state index in [0.29, 0.717) is 12.3 Å². The van der Waals surface area contributed by atoms with Crippen LogP contribution >= 0.6 is 0 Å². The van der Waals surface area contributed by atoms with Gasteiger partial charge in [0, 0.05) is 0 Å². The van der Waals surface area contributed by atoms with E-state index in [1.54, 1.807) is 12.1 Å². The number of ether oxygens (including phenoxy) is 1. The van der Waals surface area contributed by atoms with Crippen LogP contribution in [0.15, 0.2) is 18.2 Å². The molecule has 4 heteroatoms. The van der Waals surface area contributed by atoms with E-state index in [1.165, 1.54) is 7.11 Å². The number of nitrogens with two attached hydrogens (primary N) is 1. The lowest BCUT2D eigenvalue weighted by molar-refractivity contribution is -0.00000379. The Balaban J connectivity index is 0.00000144. The highest BCUT2D eigenvalue weighted by molar-refractivity contribution is 5.41. The van der Waals surface area contributed by atoms with Gasteiger partial charge < -0.3 is 28.0 Å². The monoisotopic (exact) mass is 202 g/mol. The van der Waals surface area contributed by atoms with Gasteiger partial charge >= 0.3 is 0 Å². The number of aromatic hydroxyl groups is 1. The molecule has 13 heavy (non-hydrogen) atoms. The highest BCUT2D eigenvalue weighted by atomic mass is 35.5. The summed E-state index contributed by atoms with van der Waals surface area (Å²) in [7, 11) is 1.53. The molecule has 1 rings (SSSR count). The maximum Gasteiger partial charge on any atom is 0.160 e. The Labute approximate surface area is 83.9 Å². The third-order valence-corrected chi connectivity index (χ3v) is 1.68. The van der Waals surface area contributed by atoms with Crippen LogP contribution in [0.5, 0.6) is 11.5 Å². The standard InChI is InChI=1S/C9H13NO2.ClH/c1-12-9-6-7(4-5-10)2-3-8(9)11;/h2-3,6,11H,4-5,10H2,1H3;1H/p-1. The molecule has 0 aliphatic heterocycles. The summed E-state index contributed by atoms with van der Waals surface area (Å²) in [5.74, 6) is 0.666. The van der Waals surface area contributed by atoms with Crippen LogP contribution in [-0.4, -0.2) is 18.8 Å². The van der Waals surface area contributed by atoms with E-state index in [9.17, 15) is 5.11 Å². The Hall–Kier alpha value is -0.930. The number of rotatable bonds is 3. The fraction of sp³-hybridized carbons (Fsp3) is 0.333. The molecule has 3 nitrogen and oxygen atoms in total. The van der Waals surface area contributed by atoms with Gasteiger partial charge in [0.25, 0.3) is 0 Å². The number of hydrogen-bond donors (Lipinski definition) is 2. The van der Waals surface area contributed by atoms with E-state index >= 15 is 0 Å². The van der Waals surface area contributed by atoms with Crippen LogP contribution in [0.2, 0.25) is 0 Å². The van der Waals surface area contributed by atoms with Crippen molar-refractivity contribution in [2.24, 2.45) is 5.73 Å². The lowest BCUT2D eigenvalue weighted by atomic mass is 10.1. The Bertz CT molecular complexity index is 266. The van der Waals surface area contributed by atoms with Crippen molar-refractivity contribution < 1.29 is 22.3 Å². The number of benzene rings is 1. The highest BCUT2D eigenvalue weighted by Gasteiger charge is 2.00. The van der Waals surface area contributed by atoms with Crippen molar-refractivity contribution in [1.29, 1.82) is 0 Å². The molecule has 0 aliphatic carbocycles. The summed E-state index contributed by atoms with van der Waals surface area (Å²) < 4.78 is 4.94. The van der Waals surface area contributed by atoms with Gasteiger partial charge in [0.2, 0.25) is 0 Å². The summed E-state index contributed by atoms with van der Waals surface area (Å²) >= 11 is 0. The van der Waals surface area contributed by atoms with Crippen LogP contribution in [0.25, 0.3) is 0 Å². The van der Waals surface area contributed by atoms with Crippen molar-refractivity contribution in [2.45, 2.75) is 6.42 Å². The second kappa shape index (κ2) is 5.67. The van der Waals surface area contributed by atoms with Crippen LogP contribution in [0.3, 0.4) is 0 Å². The van der Waals surface area contributed by atoms with E-state index in [1.807, 2.05) is 6.07 Å². The summed E-state index contributed by atoms with van der Waals surface area (Å²) in [5.41, 5.74) is 6.46. The first kappa shape index (κ1) is 12.1. The summed E-state index contributed by atoms with van der Waals surface area (Å²) in [4.78, 5) is 0. The van der Waals surface area contributed by atoms with Crippen LogP contribution in [0, 0.1) is 0 Å². The molecule has 3 N–H and O–H groups in total. The molecular weight excluding hydrogens is 190 g/mol. The van der Waals surface area contributed by atoms with Gasteiger partial charge in [-0.3, -0.25) is 0 Å². The van der Waals surface area contributed by atoms with Gasteiger partial charge in [0.1, 0.15) is 0 Å². The molecule has 1 aromatic rings. The Morgan fingerprint density at radius 2 is 2.15 bits per heavy atom. The van der Waals surface area contributed by atoms with Gasteiger partial charge in [-0.05, 0) is 30.7 Å². The van der Waals surface area contributed by atoms with Crippen molar-refractivity contribution in [1.82, 2.24) is 0 Å². The highest BCUT2D eigenvalue weighted by Crippen LogP contribution is 2.26. The maximum atomic E-state index is 9.25. The maximum absolute atomic E-state index is 9.25. The van der Waals surface area contributed by atoms with Crippen LogP contribution in [0.1, 0.15) is 5.56 Å². The van der Waals surface area contributed by atoms with E-state index in [2.05, 4.69) is 0 Å². The number of methoxy groups -OCH3 is 1. The van der Waals surface area contributed by atoms with Gasteiger partial charge in [-0.15, -0.1) is 0 Å². The Kier molecular flexibility index (Phi) is 5.26. The quantitative estimate of drug-likeness (QED) is 0.591. The van der Waals surface area contributed by atoms with Crippen LogP contribution in [-0.2, 0) is 6.42 Å². The molecule has 0 aliphatic rings. The minimum Gasteiger partial charge on any atom is -1.00 e. The summed E-state index contributed by atoms with van der Waals surface area (Å²) in [5, 5.41) is 9.25. The number of phenolic OH excluding ortho intramolecular Hbond substituents is 1. The molecule has 0 amide bonds. The molecule has 0 spiro atoms. The molecular formula is C9H13ClNO2-. The number of hydrogen-bond acceptors (Lipinski definition) is 3. The summed E-state index contributed by atoms with van der Waals surface area (Å²) in [6.45, 7) is 0.605. The first-order valence-electron chi connectivity index (χ1n) is 3.84. The van der Waals surface area contributed by atoms with Gasteiger partial charge in [-0.1, -0.05) is 6.07 Å². The molecule has 0 aromatic heterocycles. The van der Waals surface area contributed by atoms with Gasteiger partial charge in [0.15, 0.2) is 11.5 Å². The smallest absolute Gasteiger partial charge is 0.160 e. The Morgan fingerprint density at radius 3 is 2.69 bits per heavy atom. The first-order chi connectivity index (χ1) is 5.77. The molecule has 0 heterocycles. The predicted molar refractivity (Wildman–Crippen MR) is 47.4 cm³/mol. The number of phenols is 1. The predicted octanol–water partition coefficient (Wildman–Crippen LogP) is -2.09. The fourth-order valence-corrected chi connectivity index (χ4v) is 1.04. The van der Waals surface area contributed by atoms with Crippen molar-refractivity contribution in [3.05, 3.63) is 23.8 Å². The van der Waals surface area contributed by atoms with E-state index in [-0.39, 0.29) is 18.2 Å². The minimum atomic E-state index is 0. The molecule has 0 fully saturated rings. The van der Waals surface area contributed by atoms with Gasteiger partial charge in [-0.25, -0.2) is 0 Å². The molecule has 0 radical (unpaired) electrons. The van der Waals surface area contributed by atoms with E-state index in [0.717, 1.165) is 12.0 Å². The normalized spacial score (nSPS) is 9.08. The molecule has 0 bridgehead atoms.